The third-order valence-electron chi connectivity index (χ3n) is 7.15. The quantitative estimate of drug-likeness (QED) is 0.370. The lowest BCUT2D eigenvalue weighted by Crippen LogP contribution is -2.42. The fourth-order valence-corrected chi connectivity index (χ4v) is 5.44. The molecule has 2 aliphatic rings. The Balaban J connectivity index is 1.31. The number of nitrogens with one attached hydrogen (secondary N) is 2. The highest BCUT2D eigenvalue weighted by Crippen LogP contribution is 2.42. The molecule has 6 rings (SSSR count). The van der Waals surface area contributed by atoms with Crippen molar-refractivity contribution in [3.05, 3.63) is 89.6 Å². The van der Waals surface area contributed by atoms with Crippen molar-refractivity contribution in [1.82, 2.24) is 9.88 Å². The average molecular weight is 495 g/mol. The Kier molecular flexibility index (Phi) is 5.44. The number of aromatic amines is 1. The minimum Gasteiger partial charge on any atom is -0.494 e. The predicted octanol–water partition coefficient (Wildman–Crippen LogP) is 5.27. The number of benzene rings is 3. The molecule has 186 valence electrons. The molecule has 2 N–H and O–H groups in total. The van der Waals surface area contributed by atoms with Gasteiger partial charge < -0.3 is 19.9 Å². The van der Waals surface area contributed by atoms with Crippen molar-refractivity contribution in [2.45, 2.75) is 32.4 Å². The molecule has 8 heteroatoms. The first-order valence-electron chi connectivity index (χ1n) is 12.4. The summed E-state index contributed by atoms with van der Waals surface area (Å²) in [5.74, 6) is -0.0267. The van der Waals surface area contributed by atoms with E-state index in [0.29, 0.717) is 24.5 Å². The van der Waals surface area contributed by atoms with Crippen LogP contribution >= 0.6 is 0 Å². The monoisotopic (exact) mass is 494 g/mol. The van der Waals surface area contributed by atoms with Crippen LogP contribution < -0.4 is 15.0 Å². The number of carbonyl (C=O) groups excluding carboxylic acids is 3. The summed E-state index contributed by atoms with van der Waals surface area (Å²) >= 11 is 0. The molecule has 2 aliphatic heterocycles. The number of para-hydroxylation sites is 2. The van der Waals surface area contributed by atoms with Gasteiger partial charge in [-0.2, -0.15) is 0 Å². The van der Waals surface area contributed by atoms with Gasteiger partial charge in [0.05, 0.1) is 23.9 Å². The van der Waals surface area contributed by atoms with E-state index in [-0.39, 0.29) is 23.2 Å². The number of carbonyl (C=O) groups is 3. The molecule has 3 heterocycles. The third kappa shape index (κ3) is 3.64. The largest absolute Gasteiger partial charge is 0.494 e. The van der Waals surface area contributed by atoms with E-state index in [4.69, 9.17) is 4.74 Å². The number of fused-ring (bicyclic) bond motifs is 4. The van der Waals surface area contributed by atoms with Crippen molar-refractivity contribution in [1.29, 1.82) is 0 Å². The smallest absolute Gasteiger partial charge is 0.332 e. The third-order valence-corrected chi connectivity index (χ3v) is 7.15. The van der Waals surface area contributed by atoms with Gasteiger partial charge in [0.2, 0.25) is 0 Å². The standard InChI is InChI=1S/C29H26N4O4/c1-3-37-19-14-12-18(13-15-19)30-27(34)21-9-5-7-11-24(21)33-28(35)25-16-22-20-8-4-6-10-23(20)31-26(22)17(2)32(25)29(33)36/h4-15,17,25,31H,3,16H2,1-2H3,(H,30,34). The normalized spacial score (nSPS) is 18.6. The van der Waals surface area contributed by atoms with Crippen LogP contribution in [0, 0.1) is 0 Å². The molecule has 1 saturated heterocycles. The second-order valence-electron chi connectivity index (χ2n) is 9.25. The lowest BCUT2D eigenvalue weighted by Gasteiger charge is -2.33. The van der Waals surface area contributed by atoms with Gasteiger partial charge in [0.25, 0.3) is 11.8 Å². The molecule has 1 fully saturated rings. The molecule has 0 spiro atoms. The van der Waals surface area contributed by atoms with E-state index >= 15 is 0 Å². The van der Waals surface area contributed by atoms with Crippen LogP contribution in [0.2, 0.25) is 0 Å². The molecule has 0 saturated carbocycles. The van der Waals surface area contributed by atoms with Gasteiger partial charge in [0.1, 0.15) is 11.8 Å². The maximum Gasteiger partial charge on any atom is 0.332 e. The van der Waals surface area contributed by atoms with E-state index in [1.807, 2.05) is 38.1 Å². The Morgan fingerprint density at radius 2 is 1.76 bits per heavy atom. The number of hydrogen-bond acceptors (Lipinski definition) is 4. The van der Waals surface area contributed by atoms with Crippen molar-refractivity contribution < 1.29 is 19.1 Å². The summed E-state index contributed by atoms with van der Waals surface area (Å²) < 4.78 is 5.46. The number of nitrogens with zero attached hydrogens (tertiary/aromatic N) is 2. The highest BCUT2D eigenvalue weighted by molar-refractivity contribution is 6.24. The van der Waals surface area contributed by atoms with E-state index in [2.05, 4.69) is 10.3 Å². The maximum absolute atomic E-state index is 13.7. The summed E-state index contributed by atoms with van der Waals surface area (Å²) in [4.78, 5) is 46.9. The van der Waals surface area contributed by atoms with E-state index < -0.39 is 18.0 Å². The first-order valence-corrected chi connectivity index (χ1v) is 12.4. The van der Waals surface area contributed by atoms with Crippen LogP contribution in [0.5, 0.6) is 5.75 Å². The highest BCUT2D eigenvalue weighted by atomic mass is 16.5. The van der Waals surface area contributed by atoms with Gasteiger partial charge in [0.15, 0.2) is 0 Å². The van der Waals surface area contributed by atoms with E-state index in [1.54, 1.807) is 53.4 Å². The number of ether oxygens (including phenoxy) is 1. The minimum atomic E-state index is -0.628. The van der Waals surface area contributed by atoms with Crippen LogP contribution in [-0.2, 0) is 11.2 Å². The minimum absolute atomic E-state index is 0.245. The number of aromatic nitrogens is 1. The lowest BCUT2D eigenvalue weighted by atomic mass is 9.93. The van der Waals surface area contributed by atoms with Gasteiger partial charge >= 0.3 is 6.03 Å². The molecule has 3 aromatic carbocycles. The molecule has 0 radical (unpaired) electrons. The fraction of sp³-hybridized carbons (Fsp3) is 0.207. The van der Waals surface area contributed by atoms with Crippen molar-refractivity contribution in [2.75, 3.05) is 16.8 Å². The zero-order valence-corrected chi connectivity index (χ0v) is 20.5. The molecular weight excluding hydrogens is 468 g/mol. The summed E-state index contributed by atoms with van der Waals surface area (Å²) in [5, 5.41) is 3.93. The van der Waals surface area contributed by atoms with Gasteiger partial charge in [0, 0.05) is 28.7 Å². The van der Waals surface area contributed by atoms with Gasteiger partial charge in [-0.25, -0.2) is 9.69 Å². The van der Waals surface area contributed by atoms with Crippen molar-refractivity contribution in [3.8, 4) is 5.75 Å². The summed E-state index contributed by atoms with van der Waals surface area (Å²) in [7, 11) is 0. The van der Waals surface area contributed by atoms with Crippen molar-refractivity contribution in [3.63, 3.8) is 0 Å². The van der Waals surface area contributed by atoms with Crippen LogP contribution in [0.3, 0.4) is 0 Å². The number of hydrogen-bond donors (Lipinski definition) is 2. The van der Waals surface area contributed by atoms with Crippen LogP contribution in [0.15, 0.2) is 72.8 Å². The topological polar surface area (TPSA) is 94.7 Å². The summed E-state index contributed by atoms with van der Waals surface area (Å²) in [6.45, 7) is 4.38. The van der Waals surface area contributed by atoms with Crippen LogP contribution in [0.4, 0.5) is 16.2 Å². The average Bonchev–Trinajstić information content (AvgIpc) is 3.40. The molecule has 8 nitrogen and oxygen atoms in total. The number of amides is 4. The van der Waals surface area contributed by atoms with Crippen molar-refractivity contribution in [2.24, 2.45) is 0 Å². The van der Waals surface area contributed by atoms with Crippen molar-refractivity contribution >= 4 is 40.1 Å². The number of urea groups is 1. The molecule has 0 aliphatic carbocycles. The number of anilines is 2. The highest BCUT2D eigenvalue weighted by Gasteiger charge is 2.52. The zero-order valence-electron chi connectivity index (χ0n) is 20.5. The zero-order chi connectivity index (χ0) is 25.7. The van der Waals surface area contributed by atoms with Gasteiger partial charge in [-0.3, -0.25) is 9.59 Å². The lowest BCUT2D eigenvalue weighted by molar-refractivity contribution is -0.120. The Bertz CT molecular complexity index is 1540. The van der Waals surface area contributed by atoms with Crippen LogP contribution in [0.25, 0.3) is 10.9 Å². The second kappa shape index (κ2) is 8.81. The summed E-state index contributed by atoms with van der Waals surface area (Å²) in [5.41, 5.74) is 4.11. The maximum atomic E-state index is 13.7. The molecule has 0 bridgehead atoms. The number of imide groups is 1. The predicted molar refractivity (Wildman–Crippen MR) is 141 cm³/mol. The number of H-pyrrole nitrogens is 1. The SMILES string of the molecule is CCOc1ccc(NC(=O)c2ccccc2N2C(=O)C3Cc4c([nH]c5ccccc45)C(C)N3C2=O)cc1. The molecule has 2 unspecified atom stereocenters. The number of rotatable bonds is 5. The molecule has 1 aromatic heterocycles. The molecule has 2 atom stereocenters. The second-order valence-corrected chi connectivity index (χ2v) is 9.25. The first kappa shape index (κ1) is 22.8. The Morgan fingerprint density at radius 3 is 2.54 bits per heavy atom. The molecule has 4 aromatic rings. The van der Waals surface area contributed by atoms with E-state index in [1.165, 1.54) is 0 Å². The van der Waals surface area contributed by atoms with Crippen LogP contribution in [-0.4, -0.2) is 40.4 Å². The Hall–Kier alpha value is -4.59. The van der Waals surface area contributed by atoms with E-state index in [9.17, 15) is 14.4 Å². The molecule has 4 amide bonds. The summed E-state index contributed by atoms with van der Waals surface area (Å²) in [6, 6.07) is 20.3. The summed E-state index contributed by atoms with van der Waals surface area (Å²) in [6.07, 6.45) is 0.422. The fourth-order valence-electron chi connectivity index (χ4n) is 5.44. The van der Waals surface area contributed by atoms with Gasteiger partial charge in [-0.1, -0.05) is 30.3 Å². The molecular formula is C29H26N4O4. The van der Waals surface area contributed by atoms with E-state index in [0.717, 1.165) is 27.1 Å². The van der Waals surface area contributed by atoms with Crippen LogP contribution in [0.1, 0.15) is 41.5 Å². The first-order chi connectivity index (χ1) is 18.0. The molecule has 37 heavy (non-hydrogen) atoms. The Morgan fingerprint density at radius 1 is 1.03 bits per heavy atom. The van der Waals surface area contributed by atoms with Gasteiger partial charge in [-0.05, 0) is 61.9 Å². The Labute approximate surface area is 213 Å². The van der Waals surface area contributed by atoms with Gasteiger partial charge in [-0.15, -0.1) is 0 Å².